The first kappa shape index (κ1) is 23.8. The van der Waals surface area contributed by atoms with Crippen LogP contribution in [-0.4, -0.2) is 64.8 Å². The Labute approximate surface area is 210 Å². The smallest absolute Gasteiger partial charge is 0.320 e. The van der Waals surface area contributed by atoms with Crippen molar-refractivity contribution >= 4 is 17.6 Å². The minimum Gasteiger partial charge on any atom is -0.378 e. The molecule has 2 unspecified atom stereocenters. The van der Waals surface area contributed by atoms with Gasteiger partial charge in [-0.2, -0.15) is 0 Å². The monoisotopic (exact) mass is 496 g/mol. The van der Waals surface area contributed by atoms with Gasteiger partial charge in [0.1, 0.15) is 5.82 Å². The van der Waals surface area contributed by atoms with Crippen molar-refractivity contribution in [3.63, 3.8) is 0 Å². The van der Waals surface area contributed by atoms with Crippen molar-refractivity contribution in [1.29, 1.82) is 0 Å². The normalized spacial score (nSPS) is 20.8. The minimum absolute atomic E-state index is 0.0675. The molecule has 2 saturated heterocycles. The number of hydrogen-bond acceptors (Lipinski definition) is 3. The highest BCUT2D eigenvalue weighted by Crippen LogP contribution is 2.36. The van der Waals surface area contributed by atoms with Gasteiger partial charge in [0.25, 0.3) is 0 Å². The maximum Gasteiger partial charge on any atom is 0.320 e. The second kappa shape index (κ2) is 10.4. The molecule has 0 radical (unpaired) electrons. The molecule has 0 aliphatic carbocycles. The van der Waals surface area contributed by atoms with Crippen LogP contribution in [0.3, 0.4) is 0 Å². The molecular weight excluding hydrogens is 467 g/mol. The predicted molar refractivity (Wildman–Crippen MR) is 134 cm³/mol. The Morgan fingerprint density at radius 3 is 2.54 bits per heavy atom. The third-order valence-electron chi connectivity index (χ3n) is 7.08. The molecule has 2 fully saturated rings. The molecule has 0 spiro atoms. The van der Waals surface area contributed by atoms with Crippen molar-refractivity contribution < 1.29 is 13.9 Å². The molecule has 3 aromatic rings. The van der Waals surface area contributed by atoms with E-state index in [1.807, 2.05) is 20.6 Å². The molecule has 0 N–H and O–H groups in total. The first-order chi connectivity index (χ1) is 17.0. The van der Waals surface area contributed by atoms with Crippen LogP contribution in [0.15, 0.2) is 55.0 Å². The highest BCUT2D eigenvalue weighted by atomic mass is 35.5. The Balaban J connectivity index is 1.41. The predicted octanol–water partition coefficient (Wildman–Crippen LogP) is 5.25. The van der Waals surface area contributed by atoms with Gasteiger partial charge >= 0.3 is 6.03 Å². The minimum atomic E-state index is -0.447. The van der Waals surface area contributed by atoms with E-state index in [0.717, 1.165) is 24.2 Å². The number of hydrogen-bond donors (Lipinski definition) is 0. The number of carbonyl (C=O) groups is 1. The Morgan fingerprint density at radius 1 is 1.09 bits per heavy atom. The fourth-order valence-corrected chi connectivity index (χ4v) is 5.20. The summed E-state index contributed by atoms with van der Waals surface area (Å²) >= 11 is 5.99. The molecule has 2 aromatic carbocycles. The van der Waals surface area contributed by atoms with Crippen LogP contribution in [0.5, 0.6) is 0 Å². The molecule has 2 aliphatic rings. The van der Waals surface area contributed by atoms with Crippen LogP contribution >= 0.6 is 11.6 Å². The van der Waals surface area contributed by atoms with E-state index in [1.165, 1.54) is 17.2 Å². The Kier molecular flexibility index (Phi) is 7.07. The number of benzene rings is 2. The molecule has 8 heteroatoms. The molecule has 1 aromatic heterocycles. The van der Waals surface area contributed by atoms with Crippen LogP contribution in [0.1, 0.15) is 42.0 Å². The zero-order valence-electron chi connectivity index (χ0n) is 19.9. The summed E-state index contributed by atoms with van der Waals surface area (Å²) in [4.78, 5) is 22.0. The van der Waals surface area contributed by atoms with Crippen LogP contribution in [0.4, 0.5) is 9.18 Å². The lowest BCUT2D eigenvalue weighted by Gasteiger charge is -2.40. The van der Waals surface area contributed by atoms with Gasteiger partial charge in [-0.15, -0.1) is 0 Å². The third-order valence-corrected chi connectivity index (χ3v) is 7.37. The van der Waals surface area contributed by atoms with E-state index in [1.54, 1.807) is 18.5 Å². The number of likely N-dealkylation sites (tertiary alicyclic amines) is 1. The van der Waals surface area contributed by atoms with Crippen LogP contribution in [-0.2, 0) is 11.2 Å². The molecule has 2 amide bonds. The Bertz CT molecular complexity index is 1180. The number of amides is 2. The summed E-state index contributed by atoms with van der Waals surface area (Å²) in [7, 11) is 0. The summed E-state index contributed by atoms with van der Waals surface area (Å²) < 4.78 is 20.9. The van der Waals surface area contributed by atoms with Crippen LogP contribution in [0.25, 0.3) is 5.69 Å². The first-order valence-corrected chi connectivity index (χ1v) is 12.6. The molecule has 184 valence electrons. The SMILES string of the molecule is CCc1ccc(C2CC(c3cn(-c4ccc(F)c(Cl)c4)cn3)CN(C(=O)N3CCOCC3)C2)cc1. The van der Waals surface area contributed by atoms with Gasteiger partial charge < -0.3 is 19.1 Å². The number of morpholine rings is 1. The summed E-state index contributed by atoms with van der Waals surface area (Å²) in [5.41, 5.74) is 4.22. The van der Waals surface area contributed by atoms with Gasteiger partial charge in [-0.25, -0.2) is 14.2 Å². The summed E-state index contributed by atoms with van der Waals surface area (Å²) in [6, 6.07) is 13.5. The number of rotatable bonds is 4. The number of carbonyl (C=O) groups excluding carboxylic acids is 1. The lowest BCUT2D eigenvalue weighted by molar-refractivity contribution is 0.0398. The van der Waals surface area contributed by atoms with E-state index in [9.17, 15) is 9.18 Å². The molecule has 2 atom stereocenters. The fourth-order valence-electron chi connectivity index (χ4n) is 5.03. The summed E-state index contributed by atoms with van der Waals surface area (Å²) in [6.45, 7) is 5.85. The first-order valence-electron chi connectivity index (χ1n) is 12.2. The number of piperidine rings is 1. The second-order valence-corrected chi connectivity index (χ2v) is 9.72. The number of aryl methyl sites for hydroxylation is 1. The largest absolute Gasteiger partial charge is 0.378 e. The van der Waals surface area contributed by atoms with Crippen molar-refractivity contribution in [1.82, 2.24) is 19.4 Å². The second-order valence-electron chi connectivity index (χ2n) is 9.32. The van der Waals surface area contributed by atoms with Gasteiger partial charge in [-0.3, -0.25) is 0 Å². The maximum absolute atomic E-state index is 13.6. The van der Waals surface area contributed by atoms with Crippen LogP contribution < -0.4 is 0 Å². The third kappa shape index (κ3) is 5.21. The molecule has 0 bridgehead atoms. The molecule has 0 saturated carbocycles. The van der Waals surface area contributed by atoms with E-state index in [-0.39, 0.29) is 22.9 Å². The maximum atomic E-state index is 13.6. The number of ether oxygens (including phenoxy) is 1. The van der Waals surface area contributed by atoms with Crippen molar-refractivity contribution in [3.8, 4) is 5.69 Å². The van der Waals surface area contributed by atoms with Gasteiger partial charge in [0.2, 0.25) is 0 Å². The summed E-state index contributed by atoms with van der Waals surface area (Å²) in [5.74, 6) is -0.144. The highest BCUT2D eigenvalue weighted by molar-refractivity contribution is 6.30. The van der Waals surface area contributed by atoms with Crippen molar-refractivity contribution in [2.24, 2.45) is 0 Å². The van der Waals surface area contributed by atoms with Gasteiger partial charge in [-0.1, -0.05) is 42.8 Å². The highest BCUT2D eigenvalue weighted by Gasteiger charge is 2.35. The zero-order valence-corrected chi connectivity index (χ0v) is 20.6. The van der Waals surface area contributed by atoms with Crippen LogP contribution in [0.2, 0.25) is 5.02 Å². The Morgan fingerprint density at radius 2 is 1.83 bits per heavy atom. The van der Waals surface area contributed by atoms with E-state index >= 15 is 0 Å². The van der Waals surface area contributed by atoms with Gasteiger partial charge in [0, 0.05) is 49.9 Å². The van der Waals surface area contributed by atoms with E-state index in [4.69, 9.17) is 16.3 Å². The van der Waals surface area contributed by atoms with Crippen LogP contribution in [0, 0.1) is 5.82 Å². The Hall–Kier alpha value is -2.90. The number of imidazole rings is 1. The average molecular weight is 497 g/mol. The van der Waals surface area contributed by atoms with Crippen molar-refractivity contribution in [3.05, 3.63) is 82.6 Å². The molecule has 35 heavy (non-hydrogen) atoms. The number of urea groups is 1. The summed E-state index contributed by atoms with van der Waals surface area (Å²) in [6.07, 6.45) is 5.60. The topological polar surface area (TPSA) is 50.6 Å². The molecule has 2 aliphatic heterocycles. The van der Waals surface area contributed by atoms with E-state index in [0.29, 0.717) is 39.4 Å². The molecule has 5 rings (SSSR count). The van der Waals surface area contributed by atoms with Crippen molar-refractivity contribution in [2.45, 2.75) is 31.6 Å². The quantitative estimate of drug-likeness (QED) is 0.495. The standard InChI is InChI=1S/C27H30ClFN4O2/c1-2-19-3-5-20(6-4-19)21-13-22(16-32(15-21)27(34)31-9-11-35-12-10-31)26-17-33(18-30-26)23-7-8-25(29)24(28)14-23/h3-8,14,17-18,21-22H,2,9-13,15-16H2,1H3. The van der Waals surface area contributed by atoms with Crippen molar-refractivity contribution in [2.75, 3.05) is 39.4 Å². The van der Waals surface area contributed by atoms with Gasteiger partial charge in [-0.05, 0) is 42.2 Å². The molecule has 3 heterocycles. The number of nitrogens with zero attached hydrogens (tertiary/aromatic N) is 4. The van der Waals surface area contributed by atoms with Gasteiger partial charge in [0.05, 0.1) is 30.3 Å². The zero-order chi connectivity index (χ0) is 24.4. The number of aromatic nitrogens is 2. The lowest BCUT2D eigenvalue weighted by atomic mass is 9.83. The number of halogens is 2. The van der Waals surface area contributed by atoms with E-state index in [2.05, 4.69) is 36.2 Å². The average Bonchev–Trinajstić information content (AvgIpc) is 3.41. The summed E-state index contributed by atoms with van der Waals surface area (Å²) in [5, 5.41) is 0.0771. The lowest BCUT2D eigenvalue weighted by Crippen LogP contribution is -2.52. The van der Waals surface area contributed by atoms with E-state index < -0.39 is 5.82 Å². The fraction of sp³-hybridized carbons (Fsp3) is 0.407. The molecule has 6 nitrogen and oxygen atoms in total. The molecular formula is C27H30ClFN4O2. The van der Waals surface area contributed by atoms with Gasteiger partial charge in [0.15, 0.2) is 0 Å².